The summed E-state index contributed by atoms with van der Waals surface area (Å²) in [5.41, 5.74) is 2.40. The van der Waals surface area contributed by atoms with E-state index in [-0.39, 0.29) is 0 Å². The van der Waals surface area contributed by atoms with Crippen molar-refractivity contribution in [3.63, 3.8) is 0 Å². The molecule has 0 aliphatic carbocycles. The van der Waals surface area contributed by atoms with Crippen LogP contribution in [-0.4, -0.2) is 39.3 Å². The summed E-state index contributed by atoms with van der Waals surface area (Å²) in [4.78, 5) is 2.39. The summed E-state index contributed by atoms with van der Waals surface area (Å²) in [5.74, 6) is 2.12. The Morgan fingerprint density at radius 1 is 0.926 bits per heavy atom. The fourth-order valence-electron chi connectivity index (χ4n) is 3.48. The zero-order chi connectivity index (χ0) is 18.5. The topological polar surface area (TPSA) is 34.0 Å². The van der Waals surface area contributed by atoms with Gasteiger partial charge in [-0.25, -0.2) is 0 Å². The van der Waals surface area contributed by atoms with Crippen molar-refractivity contribution in [3.8, 4) is 0 Å². The van der Waals surface area contributed by atoms with Gasteiger partial charge in [0.05, 0.1) is 0 Å². The van der Waals surface area contributed by atoms with Gasteiger partial charge in [-0.15, -0.1) is 10.2 Å². The molecule has 0 saturated carbocycles. The molecule has 0 spiro atoms. The Balaban J connectivity index is 1.41. The summed E-state index contributed by atoms with van der Waals surface area (Å²) in [6.45, 7) is 3.57. The summed E-state index contributed by atoms with van der Waals surface area (Å²) in [5, 5.41) is 9.73. The molecule has 27 heavy (non-hydrogen) atoms. The van der Waals surface area contributed by atoms with Crippen molar-refractivity contribution in [2.45, 2.75) is 19.4 Å². The van der Waals surface area contributed by atoms with Crippen molar-refractivity contribution in [2.75, 3.05) is 19.6 Å². The van der Waals surface area contributed by atoms with Crippen LogP contribution >= 0.6 is 11.6 Å². The fourth-order valence-corrected chi connectivity index (χ4v) is 3.78. The van der Waals surface area contributed by atoms with E-state index in [0.29, 0.717) is 0 Å². The maximum atomic E-state index is 6.51. The molecule has 0 saturated heterocycles. The lowest BCUT2D eigenvalue weighted by Crippen LogP contribution is -2.28. The van der Waals surface area contributed by atoms with Gasteiger partial charge in [0, 0.05) is 44.1 Å². The van der Waals surface area contributed by atoms with Crippen molar-refractivity contribution >= 4 is 17.7 Å². The van der Waals surface area contributed by atoms with Crippen molar-refractivity contribution < 1.29 is 0 Å². The van der Waals surface area contributed by atoms with Crippen molar-refractivity contribution in [2.24, 2.45) is 0 Å². The molecule has 5 heteroatoms. The van der Waals surface area contributed by atoms with Crippen LogP contribution in [0.3, 0.4) is 0 Å². The SMILES string of the molecule is ClC(=Cc1ccccc1)CN1CCc2nnc(Cc3ccccc3)n2CC1. The molecule has 3 aromatic rings. The van der Waals surface area contributed by atoms with E-state index in [1.807, 2.05) is 30.3 Å². The Hall–Kier alpha value is -2.43. The smallest absolute Gasteiger partial charge is 0.137 e. The number of benzene rings is 2. The first-order valence-corrected chi connectivity index (χ1v) is 9.74. The third-order valence-electron chi connectivity index (χ3n) is 4.90. The van der Waals surface area contributed by atoms with Crippen LogP contribution in [0.1, 0.15) is 22.8 Å². The first-order chi connectivity index (χ1) is 13.3. The van der Waals surface area contributed by atoms with Gasteiger partial charge >= 0.3 is 0 Å². The Labute approximate surface area is 165 Å². The molecule has 0 radical (unpaired) electrons. The number of fused-ring (bicyclic) bond motifs is 1. The zero-order valence-corrected chi connectivity index (χ0v) is 16.0. The molecule has 4 rings (SSSR count). The predicted octanol–water partition coefficient (Wildman–Crippen LogP) is 4.01. The Bertz CT molecular complexity index is 903. The first-order valence-electron chi connectivity index (χ1n) is 9.36. The Morgan fingerprint density at radius 3 is 2.44 bits per heavy atom. The minimum Gasteiger partial charge on any atom is -0.313 e. The second-order valence-electron chi connectivity index (χ2n) is 6.87. The van der Waals surface area contributed by atoms with Crippen LogP contribution in [0.4, 0.5) is 0 Å². The van der Waals surface area contributed by atoms with Gasteiger partial charge < -0.3 is 4.57 Å². The second kappa shape index (κ2) is 8.51. The van der Waals surface area contributed by atoms with Crippen LogP contribution in [0.15, 0.2) is 65.7 Å². The number of aromatic nitrogens is 3. The molecule has 1 aliphatic rings. The van der Waals surface area contributed by atoms with Gasteiger partial charge in [-0.2, -0.15) is 0 Å². The molecule has 0 unspecified atom stereocenters. The number of rotatable bonds is 5. The van der Waals surface area contributed by atoms with E-state index >= 15 is 0 Å². The maximum Gasteiger partial charge on any atom is 0.137 e. The molecule has 2 heterocycles. The van der Waals surface area contributed by atoms with Crippen LogP contribution in [0.25, 0.3) is 6.08 Å². The maximum absolute atomic E-state index is 6.51. The zero-order valence-electron chi connectivity index (χ0n) is 15.3. The quantitative estimate of drug-likeness (QED) is 0.672. The molecule has 2 aromatic carbocycles. The summed E-state index contributed by atoms with van der Waals surface area (Å²) in [7, 11) is 0. The van der Waals surface area contributed by atoms with Gasteiger partial charge in [0.1, 0.15) is 11.6 Å². The number of hydrogen-bond acceptors (Lipinski definition) is 3. The van der Waals surface area contributed by atoms with E-state index in [0.717, 1.165) is 61.3 Å². The average Bonchev–Trinajstić information content (AvgIpc) is 2.95. The van der Waals surface area contributed by atoms with E-state index in [4.69, 9.17) is 11.6 Å². The normalized spacial score (nSPS) is 15.4. The van der Waals surface area contributed by atoms with Gasteiger partial charge in [0.25, 0.3) is 0 Å². The highest BCUT2D eigenvalue weighted by atomic mass is 35.5. The molecule has 138 valence electrons. The van der Waals surface area contributed by atoms with Gasteiger partial charge in [0.15, 0.2) is 0 Å². The van der Waals surface area contributed by atoms with Crippen LogP contribution in [-0.2, 0) is 19.4 Å². The molecule has 0 bridgehead atoms. The molecule has 1 aromatic heterocycles. The second-order valence-corrected chi connectivity index (χ2v) is 7.36. The van der Waals surface area contributed by atoms with E-state index in [2.05, 4.69) is 56.1 Å². The van der Waals surface area contributed by atoms with Gasteiger partial charge in [-0.3, -0.25) is 4.90 Å². The summed E-state index contributed by atoms with van der Waals surface area (Å²) >= 11 is 6.51. The summed E-state index contributed by atoms with van der Waals surface area (Å²) in [6, 6.07) is 20.7. The van der Waals surface area contributed by atoms with Crippen molar-refractivity contribution in [1.82, 2.24) is 19.7 Å². The van der Waals surface area contributed by atoms with E-state index < -0.39 is 0 Å². The van der Waals surface area contributed by atoms with Gasteiger partial charge in [-0.05, 0) is 17.2 Å². The van der Waals surface area contributed by atoms with E-state index in [1.54, 1.807) is 0 Å². The average molecular weight is 379 g/mol. The highest BCUT2D eigenvalue weighted by Gasteiger charge is 2.19. The molecule has 0 atom stereocenters. The van der Waals surface area contributed by atoms with Crippen LogP contribution < -0.4 is 0 Å². The summed E-state index contributed by atoms with van der Waals surface area (Å²) < 4.78 is 2.28. The first kappa shape index (κ1) is 18.0. The minimum atomic E-state index is 0.767. The monoisotopic (exact) mass is 378 g/mol. The van der Waals surface area contributed by atoms with Crippen LogP contribution in [0.5, 0.6) is 0 Å². The van der Waals surface area contributed by atoms with E-state index in [1.165, 1.54) is 5.56 Å². The molecule has 0 amide bonds. The van der Waals surface area contributed by atoms with Gasteiger partial charge in [-0.1, -0.05) is 72.3 Å². The van der Waals surface area contributed by atoms with E-state index in [9.17, 15) is 0 Å². The molecule has 4 nitrogen and oxygen atoms in total. The van der Waals surface area contributed by atoms with Crippen molar-refractivity contribution in [1.29, 1.82) is 0 Å². The number of hydrogen-bond donors (Lipinski definition) is 0. The Morgan fingerprint density at radius 2 is 1.67 bits per heavy atom. The molecule has 0 fully saturated rings. The lowest BCUT2D eigenvalue weighted by molar-refractivity contribution is 0.306. The lowest BCUT2D eigenvalue weighted by Gasteiger charge is -2.19. The minimum absolute atomic E-state index is 0.767. The van der Waals surface area contributed by atoms with Gasteiger partial charge in [0.2, 0.25) is 0 Å². The van der Waals surface area contributed by atoms with Crippen molar-refractivity contribution in [3.05, 3.63) is 88.5 Å². The molecular formula is C22H23ClN4. The summed E-state index contributed by atoms with van der Waals surface area (Å²) in [6.07, 6.45) is 3.77. The molecular weight excluding hydrogens is 356 g/mol. The largest absolute Gasteiger partial charge is 0.313 e. The lowest BCUT2D eigenvalue weighted by atomic mass is 10.1. The Kier molecular flexibility index (Phi) is 5.66. The molecule has 1 aliphatic heterocycles. The number of nitrogens with zero attached hydrogens (tertiary/aromatic N) is 4. The fraction of sp³-hybridized carbons (Fsp3) is 0.273. The van der Waals surface area contributed by atoms with Crippen LogP contribution in [0.2, 0.25) is 0 Å². The number of halogens is 1. The molecule has 0 N–H and O–H groups in total. The highest BCUT2D eigenvalue weighted by molar-refractivity contribution is 6.31. The third kappa shape index (κ3) is 4.65. The predicted molar refractivity (Wildman–Crippen MR) is 110 cm³/mol. The standard InChI is InChI=1S/C22H23ClN4/c23-20(15-18-7-3-1-4-8-18)17-26-12-11-21-24-25-22(27(21)14-13-26)16-19-9-5-2-6-10-19/h1-10,15H,11-14,16-17H2. The highest BCUT2D eigenvalue weighted by Crippen LogP contribution is 2.16. The van der Waals surface area contributed by atoms with Crippen LogP contribution in [0, 0.1) is 0 Å². The third-order valence-corrected chi connectivity index (χ3v) is 5.13.